The first-order chi connectivity index (χ1) is 10.8. The Balaban J connectivity index is 1.51. The molecule has 122 valence electrons. The smallest absolute Gasteiger partial charge is 0.191 e. The van der Waals surface area contributed by atoms with Crippen molar-refractivity contribution in [2.45, 2.75) is 57.7 Å². The first-order valence-corrected chi connectivity index (χ1v) is 8.66. The Labute approximate surface area is 133 Å². The van der Waals surface area contributed by atoms with E-state index in [9.17, 15) is 0 Å². The van der Waals surface area contributed by atoms with E-state index in [2.05, 4.69) is 27.4 Å². The molecule has 1 atom stereocenters. The number of hydrogen-bond donors (Lipinski definition) is 2. The molecule has 2 aliphatic rings. The number of furan rings is 1. The molecule has 1 unspecified atom stereocenters. The molecular weight excluding hydrogens is 276 g/mol. The molecule has 0 spiro atoms. The van der Waals surface area contributed by atoms with Crippen LogP contribution in [0.1, 0.15) is 44.8 Å². The third kappa shape index (κ3) is 4.03. The van der Waals surface area contributed by atoms with Crippen LogP contribution < -0.4 is 10.6 Å². The second kappa shape index (κ2) is 7.68. The molecule has 2 fully saturated rings. The third-order valence-corrected chi connectivity index (χ3v) is 4.72. The van der Waals surface area contributed by atoms with Gasteiger partial charge in [0.15, 0.2) is 5.96 Å². The maximum atomic E-state index is 5.35. The van der Waals surface area contributed by atoms with Gasteiger partial charge in [-0.15, -0.1) is 0 Å². The molecule has 2 heterocycles. The minimum atomic E-state index is 0.509. The summed E-state index contributed by atoms with van der Waals surface area (Å²) in [6.45, 7) is 5.93. The van der Waals surface area contributed by atoms with Crippen LogP contribution >= 0.6 is 0 Å². The van der Waals surface area contributed by atoms with Crippen LogP contribution in [0.5, 0.6) is 0 Å². The first-order valence-electron chi connectivity index (χ1n) is 8.66. The lowest BCUT2D eigenvalue weighted by molar-refractivity contribution is 0.242. The van der Waals surface area contributed by atoms with Gasteiger partial charge < -0.3 is 15.1 Å². The van der Waals surface area contributed by atoms with Gasteiger partial charge in [-0.1, -0.05) is 12.8 Å². The average Bonchev–Trinajstić information content (AvgIpc) is 3.26. The maximum Gasteiger partial charge on any atom is 0.191 e. The number of guanidine groups is 1. The predicted molar refractivity (Wildman–Crippen MR) is 88.9 cm³/mol. The summed E-state index contributed by atoms with van der Waals surface area (Å²) in [7, 11) is 0. The first kappa shape index (κ1) is 15.4. The van der Waals surface area contributed by atoms with E-state index in [1.807, 2.05) is 12.1 Å². The van der Waals surface area contributed by atoms with Crippen molar-refractivity contribution < 1.29 is 4.42 Å². The van der Waals surface area contributed by atoms with Crippen LogP contribution in [0.3, 0.4) is 0 Å². The number of nitrogens with one attached hydrogen (secondary N) is 2. The van der Waals surface area contributed by atoms with Crippen LogP contribution in [0.2, 0.25) is 0 Å². The molecule has 1 aliphatic heterocycles. The summed E-state index contributed by atoms with van der Waals surface area (Å²) in [6, 6.07) is 5.20. The Morgan fingerprint density at radius 1 is 1.36 bits per heavy atom. The van der Waals surface area contributed by atoms with E-state index in [1.165, 1.54) is 38.6 Å². The average molecular weight is 304 g/mol. The zero-order chi connectivity index (χ0) is 15.2. The summed E-state index contributed by atoms with van der Waals surface area (Å²) in [5.41, 5.74) is 0. The van der Waals surface area contributed by atoms with E-state index in [4.69, 9.17) is 4.42 Å². The highest BCUT2D eigenvalue weighted by atomic mass is 16.3. The normalized spacial score (nSPS) is 24.0. The number of hydrogen-bond acceptors (Lipinski definition) is 3. The summed E-state index contributed by atoms with van der Waals surface area (Å²) < 4.78 is 5.35. The van der Waals surface area contributed by atoms with Gasteiger partial charge in [0.2, 0.25) is 0 Å². The fourth-order valence-corrected chi connectivity index (χ4v) is 3.58. The lowest BCUT2D eigenvalue weighted by Crippen LogP contribution is -2.45. The lowest BCUT2D eigenvalue weighted by Gasteiger charge is -2.24. The third-order valence-electron chi connectivity index (χ3n) is 4.72. The molecule has 1 saturated carbocycles. The van der Waals surface area contributed by atoms with Crippen LogP contribution in [0, 0.1) is 0 Å². The van der Waals surface area contributed by atoms with Crippen molar-refractivity contribution in [3.8, 4) is 0 Å². The van der Waals surface area contributed by atoms with Gasteiger partial charge in [-0.3, -0.25) is 4.90 Å². The fourth-order valence-electron chi connectivity index (χ4n) is 3.58. The maximum absolute atomic E-state index is 5.35. The highest BCUT2D eigenvalue weighted by Gasteiger charge is 2.30. The highest BCUT2D eigenvalue weighted by molar-refractivity contribution is 5.80. The van der Waals surface area contributed by atoms with Crippen LogP contribution in [-0.2, 0) is 6.54 Å². The van der Waals surface area contributed by atoms with Gasteiger partial charge in [0.1, 0.15) is 12.3 Å². The van der Waals surface area contributed by atoms with E-state index in [1.54, 1.807) is 6.26 Å². The standard InChI is InChI=1S/C17H28N4O/c1-2-18-17(19-12-16-8-5-11-22-16)20-14-9-10-21(13-14)15-6-3-4-7-15/h5,8,11,14-15H,2-4,6-7,9-10,12-13H2,1H3,(H2,18,19,20). The minimum absolute atomic E-state index is 0.509. The van der Waals surface area contributed by atoms with E-state index in [0.717, 1.165) is 30.9 Å². The van der Waals surface area contributed by atoms with Gasteiger partial charge >= 0.3 is 0 Å². The van der Waals surface area contributed by atoms with Crippen LogP contribution in [-0.4, -0.2) is 42.6 Å². The molecule has 22 heavy (non-hydrogen) atoms. The Kier molecular flexibility index (Phi) is 5.38. The molecule has 1 aromatic heterocycles. The van der Waals surface area contributed by atoms with Gasteiger partial charge in [-0.25, -0.2) is 4.99 Å². The monoisotopic (exact) mass is 304 g/mol. The van der Waals surface area contributed by atoms with Crippen molar-refractivity contribution in [1.29, 1.82) is 0 Å². The number of nitrogens with zero attached hydrogens (tertiary/aromatic N) is 2. The van der Waals surface area contributed by atoms with Crippen LogP contribution in [0.15, 0.2) is 27.8 Å². The largest absolute Gasteiger partial charge is 0.467 e. The van der Waals surface area contributed by atoms with Crippen molar-refractivity contribution in [3.05, 3.63) is 24.2 Å². The molecule has 2 N–H and O–H groups in total. The van der Waals surface area contributed by atoms with Gasteiger partial charge in [0.05, 0.1) is 6.26 Å². The Morgan fingerprint density at radius 2 is 2.23 bits per heavy atom. The number of likely N-dealkylation sites (tertiary alicyclic amines) is 1. The molecule has 0 radical (unpaired) electrons. The SMILES string of the molecule is CCNC(=NCc1ccco1)NC1CCN(C2CCCC2)C1. The second-order valence-corrected chi connectivity index (χ2v) is 6.34. The Bertz CT molecular complexity index is 465. The van der Waals surface area contributed by atoms with Crippen molar-refractivity contribution in [2.75, 3.05) is 19.6 Å². The van der Waals surface area contributed by atoms with E-state index in [0.29, 0.717) is 12.6 Å². The quantitative estimate of drug-likeness (QED) is 0.648. The summed E-state index contributed by atoms with van der Waals surface area (Å²) >= 11 is 0. The van der Waals surface area contributed by atoms with Crippen LogP contribution in [0.4, 0.5) is 0 Å². The van der Waals surface area contributed by atoms with Crippen molar-refractivity contribution >= 4 is 5.96 Å². The summed E-state index contributed by atoms with van der Waals surface area (Å²) in [5.74, 6) is 1.80. The zero-order valence-electron chi connectivity index (χ0n) is 13.6. The zero-order valence-corrected chi connectivity index (χ0v) is 13.6. The molecule has 0 amide bonds. The summed E-state index contributed by atoms with van der Waals surface area (Å²) in [5, 5.41) is 6.92. The molecule has 0 aromatic carbocycles. The van der Waals surface area contributed by atoms with Gasteiger partial charge in [0.25, 0.3) is 0 Å². The lowest BCUT2D eigenvalue weighted by atomic mass is 10.2. The predicted octanol–water partition coefficient (Wildman–Crippen LogP) is 2.35. The topological polar surface area (TPSA) is 52.8 Å². The molecule has 1 aromatic rings. The second-order valence-electron chi connectivity index (χ2n) is 6.34. The van der Waals surface area contributed by atoms with Gasteiger partial charge in [0, 0.05) is 31.7 Å². The summed E-state index contributed by atoms with van der Waals surface area (Å²) in [4.78, 5) is 7.29. The molecule has 3 rings (SSSR count). The fraction of sp³-hybridized carbons (Fsp3) is 0.706. The van der Waals surface area contributed by atoms with Crippen molar-refractivity contribution in [1.82, 2.24) is 15.5 Å². The molecule has 1 saturated heterocycles. The Morgan fingerprint density at radius 3 is 2.95 bits per heavy atom. The van der Waals surface area contributed by atoms with Crippen LogP contribution in [0.25, 0.3) is 0 Å². The molecule has 0 bridgehead atoms. The van der Waals surface area contributed by atoms with Gasteiger partial charge in [-0.05, 0) is 38.3 Å². The number of aliphatic imine (C=N–C) groups is 1. The van der Waals surface area contributed by atoms with Gasteiger partial charge in [-0.2, -0.15) is 0 Å². The highest BCUT2D eigenvalue weighted by Crippen LogP contribution is 2.26. The molecule has 5 heteroatoms. The van der Waals surface area contributed by atoms with E-state index in [-0.39, 0.29) is 0 Å². The molecule has 5 nitrogen and oxygen atoms in total. The van der Waals surface area contributed by atoms with E-state index >= 15 is 0 Å². The van der Waals surface area contributed by atoms with E-state index < -0.39 is 0 Å². The number of rotatable bonds is 5. The summed E-state index contributed by atoms with van der Waals surface area (Å²) in [6.07, 6.45) is 8.50. The molecule has 1 aliphatic carbocycles. The molecular formula is C17H28N4O. The Hall–Kier alpha value is -1.49. The van der Waals surface area contributed by atoms with Crippen molar-refractivity contribution in [2.24, 2.45) is 4.99 Å². The minimum Gasteiger partial charge on any atom is -0.467 e. The van der Waals surface area contributed by atoms with Crippen molar-refractivity contribution in [3.63, 3.8) is 0 Å².